The van der Waals surface area contributed by atoms with Crippen LogP contribution >= 0.6 is 11.6 Å². The van der Waals surface area contributed by atoms with E-state index in [1.165, 1.54) is 0 Å². The first-order valence-corrected chi connectivity index (χ1v) is 5.87. The molecule has 1 aromatic heterocycles. The van der Waals surface area contributed by atoms with Gasteiger partial charge in [0.25, 0.3) is 0 Å². The first kappa shape index (κ1) is 22.3. The zero-order valence-electron chi connectivity index (χ0n) is 11.3. The zero-order valence-corrected chi connectivity index (χ0v) is 13.1. The Morgan fingerprint density at radius 2 is 2.00 bits per heavy atom. The maximum absolute atomic E-state index is 12.1. The molecule has 120 valence electrons. The van der Waals surface area contributed by atoms with Crippen LogP contribution in [0.1, 0.15) is 19.4 Å². The van der Waals surface area contributed by atoms with Crippen LogP contribution in [0.25, 0.3) is 5.73 Å². The Morgan fingerprint density at radius 3 is 2.29 bits per heavy atom. The molecule has 0 aliphatic carbocycles. The van der Waals surface area contributed by atoms with E-state index in [0.29, 0.717) is 6.20 Å². The van der Waals surface area contributed by atoms with Crippen molar-refractivity contribution >= 4 is 17.5 Å². The average molecular weight is 367 g/mol. The molecule has 0 aliphatic heterocycles. The summed E-state index contributed by atoms with van der Waals surface area (Å²) in [5, 5.41) is -0.177. The third-order valence-electron chi connectivity index (χ3n) is 1.90. The number of pyridine rings is 1. The van der Waals surface area contributed by atoms with E-state index < -0.39 is 17.6 Å². The number of hydrogen-bond donors (Lipinski definition) is 0. The van der Waals surface area contributed by atoms with Crippen molar-refractivity contribution in [3.05, 3.63) is 35.5 Å². The molecule has 0 spiro atoms. The smallest absolute Gasteiger partial charge is 0.668 e. The Kier molecular flexibility index (Phi) is 10.5. The molecule has 0 radical (unpaired) electrons. The summed E-state index contributed by atoms with van der Waals surface area (Å²) in [5.74, 6) is -0.658. The summed E-state index contributed by atoms with van der Waals surface area (Å²) in [6.45, 7) is 6.81. The van der Waals surface area contributed by atoms with E-state index in [1.807, 2.05) is 0 Å². The van der Waals surface area contributed by atoms with Crippen molar-refractivity contribution in [3.8, 4) is 5.88 Å². The molecule has 1 N–H and O–H groups in total. The number of amides is 1. The van der Waals surface area contributed by atoms with Crippen LogP contribution in [0.2, 0.25) is 5.02 Å². The van der Waals surface area contributed by atoms with Crippen molar-refractivity contribution in [1.29, 1.82) is 0 Å². The SMILES string of the molecule is CC(C)C([NH-])=O.[CH2-]COc1ncc(C(F)(F)F)cc1Cl.[Fe+2]. The molecule has 0 saturated heterocycles. The fourth-order valence-electron chi connectivity index (χ4n) is 0.783. The third kappa shape index (κ3) is 8.80. The summed E-state index contributed by atoms with van der Waals surface area (Å²) >= 11 is 5.50. The number of rotatable bonds is 3. The topological polar surface area (TPSA) is 63.0 Å². The van der Waals surface area contributed by atoms with Gasteiger partial charge in [0.1, 0.15) is 5.02 Å². The maximum atomic E-state index is 12.1. The largest absolute Gasteiger partial charge is 2.00 e. The minimum Gasteiger partial charge on any atom is -0.668 e. The van der Waals surface area contributed by atoms with E-state index in [0.717, 1.165) is 6.07 Å². The van der Waals surface area contributed by atoms with Crippen molar-refractivity contribution in [3.63, 3.8) is 0 Å². The van der Waals surface area contributed by atoms with E-state index in [9.17, 15) is 18.0 Å². The molecule has 0 saturated carbocycles. The number of carbonyl (C=O) groups excluding carboxylic acids is 1. The molecule has 0 aromatic carbocycles. The van der Waals surface area contributed by atoms with Gasteiger partial charge in [0.2, 0.25) is 5.88 Å². The molecule has 1 amide bonds. The zero-order chi connectivity index (χ0) is 15.9. The molecule has 0 fully saturated rings. The van der Waals surface area contributed by atoms with Crippen LogP contribution < -0.4 is 4.74 Å². The van der Waals surface area contributed by atoms with Crippen LogP contribution in [0.3, 0.4) is 0 Å². The minimum atomic E-state index is -4.44. The summed E-state index contributed by atoms with van der Waals surface area (Å²) in [6, 6.07) is 0.763. The van der Waals surface area contributed by atoms with Crippen molar-refractivity contribution < 1.29 is 39.8 Å². The first-order chi connectivity index (χ1) is 9.09. The quantitative estimate of drug-likeness (QED) is 0.595. The Morgan fingerprint density at radius 1 is 1.52 bits per heavy atom. The van der Waals surface area contributed by atoms with E-state index in [4.69, 9.17) is 22.1 Å². The minimum absolute atomic E-state index is 0. The second-order valence-electron chi connectivity index (χ2n) is 3.88. The molecule has 1 rings (SSSR count). The number of nitrogens with one attached hydrogen (secondary N) is 1. The molecule has 0 atom stereocenters. The predicted molar refractivity (Wildman–Crippen MR) is 69.3 cm³/mol. The normalized spacial score (nSPS) is 10.3. The van der Waals surface area contributed by atoms with Crippen LogP contribution in [-0.4, -0.2) is 17.5 Å². The van der Waals surface area contributed by atoms with Crippen LogP contribution in [0.15, 0.2) is 12.3 Å². The molecular formula is C12H14ClF3FeN2O2. The van der Waals surface area contributed by atoms with Gasteiger partial charge in [-0.2, -0.15) is 13.2 Å². The number of ether oxygens (including phenoxy) is 1. The monoisotopic (exact) mass is 366 g/mol. The van der Waals surface area contributed by atoms with Gasteiger partial charge < -0.3 is 22.2 Å². The predicted octanol–water partition coefficient (Wildman–Crippen LogP) is 4.19. The number of alkyl halides is 3. The second-order valence-corrected chi connectivity index (χ2v) is 4.28. The summed E-state index contributed by atoms with van der Waals surface area (Å²) in [6.07, 6.45) is -3.78. The average Bonchev–Trinajstić information content (AvgIpc) is 2.31. The number of carbonyl (C=O) groups is 1. The molecule has 1 heterocycles. The van der Waals surface area contributed by atoms with Crippen LogP contribution in [-0.2, 0) is 28.0 Å². The fourth-order valence-corrected chi connectivity index (χ4v) is 1.00. The number of hydrogen-bond acceptors (Lipinski definition) is 3. The molecule has 1 aromatic rings. The van der Waals surface area contributed by atoms with Crippen molar-refractivity contribution in [1.82, 2.24) is 4.98 Å². The summed E-state index contributed by atoms with van der Waals surface area (Å²) < 4.78 is 41.2. The fraction of sp³-hybridized carbons (Fsp3) is 0.417. The molecular weight excluding hydrogens is 352 g/mol. The first-order valence-electron chi connectivity index (χ1n) is 5.49. The van der Waals surface area contributed by atoms with Crippen LogP contribution in [0.4, 0.5) is 13.2 Å². The summed E-state index contributed by atoms with van der Waals surface area (Å²) in [7, 11) is 0. The van der Waals surface area contributed by atoms with Gasteiger partial charge in [0.15, 0.2) is 0 Å². The number of halogens is 4. The van der Waals surface area contributed by atoms with E-state index in [2.05, 4.69) is 11.9 Å². The number of aromatic nitrogens is 1. The molecule has 0 bridgehead atoms. The molecule has 9 heteroatoms. The second kappa shape index (κ2) is 9.87. The van der Waals surface area contributed by atoms with E-state index >= 15 is 0 Å². The van der Waals surface area contributed by atoms with Gasteiger partial charge >= 0.3 is 23.2 Å². The van der Waals surface area contributed by atoms with Crippen LogP contribution in [0, 0.1) is 12.8 Å². The van der Waals surface area contributed by atoms with Crippen molar-refractivity contribution in [2.45, 2.75) is 20.0 Å². The molecule has 4 nitrogen and oxygen atoms in total. The molecule has 0 unspecified atom stereocenters. The Bertz CT molecular complexity index is 457. The van der Waals surface area contributed by atoms with Crippen molar-refractivity contribution in [2.75, 3.05) is 6.61 Å². The standard InChI is InChI=1S/C8H6ClF3NO.C4H9NO.Fe/c1-2-14-7-6(9)3-5(4-13-7)8(10,11)12;1-3(2)4(5)6;/h3-4H,1-2H2;3H,1-2H3,(H2,5,6);/q-1;;+2/p-1. The Balaban J connectivity index is 0. The van der Waals surface area contributed by atoms with Crippen LogP contribution in [0.5, 0.6) is 5.88 Å². The summed E-state index contributed by atoms with van der Waals surface area (Å²) in [4.78, 5) is 13.2. The summed E-state index contributed by atoms with van der Waals surface area (Å²) in [5.41, 5.74) is 5.49. The van der Waals surface area contributed by atoms with Gasteiger partial charge in [0.05, 0.1) is 11.5 Å². The van der Waals surface area contributed by atoms with Gasteiger partial charge in [-0.3, -0.25) is 0 Å². The molecule has 21 heavy (non-hydrogen) atoms. The van der Waals surface area contributed by atoms with Gasteiger partial charge in [-0.05, 0) is 18.6 Å². The third-order valence-corrected chi connectivity index (χ3v) is 2.17. The van der Waals surface area contributed by atoms with Crippen molar-refractivity contribution in [2.24, 2.45) is 5.92 Å². The van der Waals surface area contributed by atoms with Gasteiger partial charge in [-0.25, -0.2) is 4.98 Å². The Labute approximate surface area is 136 Å². The maximum Gasteiger partial charge on any atom is 2.00 e. The van der Waals surface area contributed by atoms with Gasteiger partial charge in [0, 0.05) is 6.20 Å². The van der Waals surface area contributed by atoms with E-state index in [1.54, 1.807) is 13.8 Å². The number of nitrogens with zero attached hydrogens (tertiary/aromatic N) is 1. The van der Waals surface area contributed by atoms with Gasteiger partial charge in [-0.1, -0.05) is 25.4 Å². The Hall–Kier alpha value is -0.981. The van der Waals surface area contributed by atoms with Gasteiger partial charge in [-0.15, -0.1) is 0 Å². The molecule has 0 aliphatic rings. The van der Waals surface area contributed by atoms with E-state index in [-0.39, 0.29) is 40.5 Å².